The number of carbonyl (C=O) groups excluding carboxylic acids is 1. The smallest absolute Gasteiger partial charge is 0.340 e. The van der Waals surface area contributed by atoms with Gasteiger partial charge < -0.3 is 4.74 Å². The van der Waals surface area contributed by atoms with Crippen LogP contribution >= 0.6 is 0 Å². The molecule has 2 aromatic heterocycles. The van der Waals surface area contributed by atoms with Gasteiger partial charge in [0, 0.05) is 18.3 Å². The van der Waals surface area contributed by atoms with Gasteiger partial charge in [0.1, 0.15) is 12.4 Å². The van der Waals surface area contributed by atoms with Crippen molar-refractivity contribution in [3.8, 4) is 0 Å². The number of pyridine rings is 1. The second kappa shape index (κ2) is 5.84. The minimum Gasteiger partial charge on any atom is -0.454 e. The molecule has 8 nitrogen and oxygen atoms in total. The van der Waals surface area contributed by atoms with Gasteiger partial charge in [0.15, 0.2) is 5.65 Å². The fourth-order valence-electron chi connectivity index (χ4n) is 2.11. The van der Waals surface area contributed by atoms with Crippen LogP contribution in [0.3, 0.4) is 0 Å². The van der Waals surface area contributed by atoms with Crippen LogP contribution in [0.4, 0.5) is 5.69 Å². The van der Waals surface area contributed by atoms with Crippen LogP contribution < -0.4 is 0 Å². The molecular weight excluding hydrogens is 300 g/mol. The zero-order valence-corrected chi connectivity index (χ0v) is 12.1. The van der Waals surface area contributed by atoms with Crippen LogP contribution in [-0.2, 0) is 4.74 Å². The number of carbonyl (C=O) groups is 1. The van der Waals surface area contributed by atoms with Gasteiger partial charge in [0.05, 0.1) is 10.5 Å². The Kier molecular flexibility index (Phi) is 3.71. The summed E-state index contributed by atoms with van der Waals surface area (Å²) in [6.45, 7) is 1.70. The van der Waals surface area contributed by atoms with Gasteiger partial charge in [-0.25, -0.2) is 4.79 Å². The summed E-state index contributed by atoms with van der Waals surface area (Å²) in [5, 5.41) is 18.2. The highest BCUT2D eigenvalue weighted by Gasteiger charge is 2.15. The van der Waals surface area contributed by atoms with E-state index in [1.165, 1.54) is 18.5 Å². The van der Waals surface area contributed by atoms with E-state index in [2.05, 4.69) is 10.2 Å². The molecule has 0 amide bonds. The summed E-state index contributed by atoms with van der Waals surface area (Å²) < 4.78 is 7.00. The number of hydrogen-bond donors (Lipinski definition) is 0. The highest BCUT2D eigenvalue weighted by atomic mass is 16.6. The summed E-state index contributed by atoms with van der Waals surface area (Å²) in [6.07, 6.45) is 2.55. The molecule has 0 unspecified atom stereocenters. The quantitative estimate of drug-likeness (QED) is 0.417. The van der Waals surface area contributed by atoms with E-state index in [4.69, 9.17) is 4.74 Å². The minimum atomic E-state index is -0.528. The topological polar surface area (TPSA) is 99.6 Å². The summed E-state index contributed by atoms with van der Waals surface area (Å²) in [4.78, 5) is 22.3. The van der Waals surface area contributed by atoms with E-state index in [0.29, 0.717) is 16.8 Å². The molecule has 0 saturated carbocycles. The maximum Gasteiger partial charge on any atom is 0.340 e. The minimum absolute atomic E-state index is 0.00895. The van der Waals surface area contributed by atoms with Gasteiger partial charge in [-0.3, -0.25) is 14.5 Å². The fourth-order valence-corrected chi connectivity index (χ4v) is 2.11. The average molecular weight is 312 g/mol. The largest absolute Gasteiger partial charge is 0.454 e. The molecule has 2 heterocycles. The Labute approximate surface area is 130 Å². The van der Waals surface area contributed by atoms with E-state index in [0.717, 1.165) is 0 Å². The molecule has 0 aliphatic carbocycles. The third kappa shape index (κ3) is 3.00. The molecule has 0 bridgehead atoms. The van der Waals surface area contributed by atoms with Crippen LogP contribution in [-0.4, -0.2) is 25.5 Å². The molecule has 8 heteroatoms. The van der Waals surface area contributed by atoms with Crippen molar-refractivity contribution in [3.63, 3.8) is 0 Å². The first-order valence-electron chi connectivity index (χ1n) is 6.79. The van der Waals surface area contributed by atoms with E-state index < -0.39 is 17.0 Å². The standard InChI is InChI=1S/C15H12N4O4/c1-10(11-2-5-13(6-3-11)19(21)22)23-15(20)12-4-7-14-17-16-9-18(14)8-12/h2-10H,1H3/t10-/m1/s1. The van der Waals surface area contributed by atoms with Gasteiger partial charge in [-0.2, -0.15) is 0 Å². The Hall–Kier alpha value is -3.29. The van der Waals surface area contributed by atoms with Crippen LogP contribution in [0.25, 0.3) is 5.65 Å². The van der Waals surface area contributed by atoms with Crippen molar-refractivity contribution in [2.75, 3.05) is 0 Å². The maximum absolute atomic E-state index is 12.2. The summed E-state index contributed by atoms with van der Waals surface area (Å²) in [5.74, 6) is -0.494. The van der Waals surface area contributed by atoms with Gasteiger partial charge in [-0.1, -0.05) is 0 Å². The average Bonchev–Trinajstić information content (AvgIpc) is 3.02. The molecule has 0 aliphatic rings. The number of nitro groups is 1. The lowest BCUT2D eigenvalue weighted by molar-refractivity contribution is -0.384. The first-order valence-corrected chi connectivity index (χ1v) is 6.79. The van der Waals surface area contributed by atoms with Gasteiger partial charge in [0.25, 0.3) is 5.69 Å². The summed E-state index contributed by atoms with van der Waals surface area (Å²) >= 11 is 0. The third-order valence-corrected chi connectivity index (χ3v) is 3.38. The van der Waals surface area contributed by atoms with Gasteiger partial charge in [0.2, 0.25) is 0 Å². The Bertz CT molecular complexity index is 873. The Balaban J connectivity index is 1.74. The normalized spacial score (nSPS) is 12.0. The number of esters is 1. The highest BCUT2D eigenvalue weighted by Crippen LogP contribution is 2.21. The predicted molar refractivity (Wildman–Crippen MR) is 79.9 cm³/mol. The molecule has 1 aromatic carbocycles. The van der Waals surface area contributed by atoms with Crippen molar-refractivity contribution in [2.24, 2.45) is 0 Å². The number of rotatable bonds is 4. The van der Waals surface area contributed by atoms with E-state index in [-0.39, 0.29) is 5.69 Å². The number of hydrogen-bond acceptors (Lipinski definition) is 6. The molecule has 3 rings (SSSR count). The third-order valence-electron chi connectivity index (χ3n) is 3.38. The van der Waals surface area contributed by atoms with E-state index in [9.17, 15) is 14.9 Å². The molecule has 0 saturated heterocycles. The molecule has 0 N–H and O–H groups in total. The molecule has 0 aliphatic heterocycles. The van der Waals surface area contributed by atoms with Gasteiger partial charge in [-0.05, 0) is 36.8 Å². The fraction of sp³-hybridized carbons (Fsp3) is 0.133. The van der Waals surface area contributed by atoms with E-state index >= 15 is 0 Å². The molecule has 23 heavy (non-hydrogen) atoms. The first kappa shape index (κ1) is 14.6. The molecule has 0 radical (unpaired) electrons. The Morgan fingerprint density at radius 2 is 2.00 bits per heavy atom. The second-order valence-electron chi connectivity index (χ2n) is 4.91. The van der Waals surface area contributed by atoms with E-state index in [1.807, 2.05) is 0 Å². The number of non-ortho nitro benzene ring substituents is 1. The van der Waals surface area contributed by atoms with Crippen molar-refractivity contribution < 1.29 is 14.5 Å². The lowest BCUT2D eigenvalue weighted by atomic mass is 10.1. The molecule has 0 spiro atoms. The van der Waals surface area contributed by atoms with Crippen molar-refractivity contribution in [3.05, 3.63) is 70.2 Å². The van der Waals surface area contributed by atoms with Crippen molar-refractivity contribution in [1.29, 1.82) is 0 Å². The zero-order chi connectivity index (χ0) is 16.4. The predicted octanol–water partition coefficient (Wildman–Crippen LogP) is 2.56. The van der Waals surface area contributed by atoms with Crippen molar-refractivity contribution >= 4 is 17.3 Å². The van der Waals surface area contributed by atoms with Crippen LogP contribution in [0.2, 0.25) is 0 Å². The number of nitro benzene ring substituents is 1. The highest BCUT2D eigenvalue weighted by molar-refractivity contribution is 5.89. The SMILES string of the molecule is C[C@@H](OC(=O)c1ccc2nncn2c1)c1ccc([N+](=O)[O-])cc1. The van der Waals surface area contributed by atoms with E-state index in [1.54, 1.807) is 41.8 Å². The van der Waals surface area contributed by atoms with Gasteiger partial charge in [-0.15, -0.1) is 10.2 Å². The Morgan fingerprint density at radius 3 is 2.70 bits per heavy atom. The second-order valence-corrected chi connectivity index (χ2v) is 4.91. The molecule has 116 valence electrons. The van der Waals surface area contributed by atoms with Gasteiger partial charge >= 0.3 is 5.97 Å². The summed E-state index contributed by atoms with van der Waals surface area (Å²) in [7, 11) is 0. The number of aromatic nitrogens is 3. The lowest BCUT2D eigenvalue weighted by Crippen LogP contribution is -2.10. The Morgan fingerprint density at radius 1 is 1.26 bits per heavy atom. The molecule has 1 atom stereocenters. The lowest BCUT2D eigenvalue weighted by Gasteiger charge is -2.13. The van der Waals surface area contributed by atoms with Crippen LogP contribution in [0.15, 0.2) is 48.9 Å². The number of ether oxygens (including phenoxy) is 1. The number of nitrogens with zero attached hydrogens (tertiary/aromatic N) is 4. The molecule has 3 aromatic rings. The van der Waals surface area contributed by atoms with Crippen molar-refractivity contribution in [1.82, 2.24) is 14.6 Å². The zero-order valence-electron chi connectivity index (χ0n) is 12.1. The maximum atomic E-state index is 12.2. The number of fused-ring (bicyclic) bond motifs is 1. The number of benzene rings is 1. The molecule has 0 fully saturated rings. The van der Waals surface area contributed by atoms with Crippen LogP contribution in [0.1, 0.15) is 28.9 Å². The monoisotopic (exact) mass is 312 g/mol. The summed E-state index contributed by atoms with van der Waals surface area (Å²) in [5.41, 5.74) is 1.66. The molecular formula is C15H12N4O4. The van der Waals surface area contributed by atoms with Crippen molar-refractivity contribution in [2.45, 2.75) is 13.0 Å². The first-order chi connectivity index (χ1) is 11.0. The van der Waals surface area contributed by atoms with Crippen LogP contribution in [0, 0.1) is 10.1 Å². The summed E-state index contributed by atoms with van der Waals surface area (Å²) in [6, 6.07) is 9.17. The van der Waals surface area contributed by atoms with Crippen LogP contribution in [0.5, 0.6) is 0 Å².